The minimum absolute atomic E-state index is 0.287. The fraction of sp³-hybridized carbons (Fsp3) is 0.308. The zero-order valence-electron chi connectivity index (χ0n) is 10.3. The van der Waals surface area contributed by atoms with E-state index in [-0.39, 0.29) is 17.2 Å². The van der Waals surface area contributed by atoms with Crippen molar-refractivity contribution in [2.45, 2.75) is 19.7 Å². The number of carbonyl (C=O) groups excluding carboxylic acids is 1. The first kappa shape index (κ1) is 15.1. The minimum atomic E-state index is -4.73. The van der Waals surface area contributed by atoms with E-state index in [0.29, 0.717) is 13.0 Å². The van der Waals surface area contributed by atoms with Gasteiger partial charge in [-0.3, -0.25) is 4.79 Å². The molecule has 1 amide bonds. The van der Waals surface area contributed by atoms with Crippen LogP contribution in [0.3, 0.4) is 0 Å². The van der Waals surface area contributed by atoms with Gasteiger partial charge in [0.15, 0.2) is 0 Å². The fourth-order valence-electron chi connectivity index (χ4n) is 1.35. The van der Waals surface area contributed by atoms with Crippen molar-refractivity contribution in [2.24, 2.45) is 0 Å². The quantitative estimate of drug-likeness (QED) is 0.660. The molecule has 1 aromatic rings. The molecule has 0 fully saturated rings. The van der Waals surface area contributed by atoms with Gasteiger partial charge in [0, 0.05) is 12.1 Å². The lowest BCUT2D eigenvalue weighted by Crippen LogP contribution is -2.24. The van der Waals surface area contributed by atoms with Crippen LogP contribution in [0.4, 0.5) is 13.2 Å². The average molecular weight is 273 g/mol. The average Bonchev–Trinajstić information content (AvgIpc) is 2.33. The predicted octanol–water partition coefficient (Wildman–Crippen LogP) is 3.28. The number of alkyl halides is 3. The number of allylic oxidation sites excluding steroid dienone is 1. The summed E-state index contributed by atoms with van der Waals surface area (Å²) < 4.78 is 39.5. The molecule has 1 aromatic carbocycles. The molecule has 0 saturated carbocycles. The van der Waals surface area contributed by atoms with Crippen LogP contribution in [0.15, 0.2) is 36.4 Å². The Morgan fingerprint density at radius 1 is 1.32 bits per heavy atom. The maximum Gasteiger partial charge on any atom is 0.573 e. The zero-order valence-corrected chi connectivity index (χ0v) is 10.3. The Morgan fingerprint density at radius 3 is 2.47 bits per heavy atom. The molecular formula is C13H14F3NO2. The molecule has 0 aliphatic heterocycles. The maximum atomic E-state index is 11.9. The van der Waals surface area contributed by atoms with Crippen molar-refractivity contribution in [3.8, 4) is 5.75 Å². The van der Waals surface area contributed by atoms with Gasteiger partial charge in [-0.1, -0.05) is 12.2 Å². The van der Waals surface area contributed by atoms with E-state index in [1.54, 1.807) is 0 Å². The number of nitrogens with one attached hydrogen (secondary N) is 1. The van der Waals surface area contributed by atoms with Crippen LogP contribution in [0.25, 0.3) is 0 Å². The van der Waals surface area contributed by atoms with Gasteiger partial charge in [-0.25, -0.2) is 0 Å². The molecule has 1 rings (SSSR count). The lowest BCUT2D eigenvalue weighted by molar-refractivity contribution is -0.274. The summed E-state index contributed by atoms with van der Waals surface area (Å²) in [5, 5.41) is 2.65. The molecule has 0 spiro atoms. The molecule has 1 N–H and O–H groups in total. The highest BCUT2D eigenvalue weighted by molar-refractivity contribution is 5.94. The van der Waals surface area contributed by atoms with E-state index in [1.165, 1.54) is 12.1 Å². The number of carbonyl (C=O) groups is 1. The van der Waals surface area contributed by atoms with Gasteiger partial charge in [0.1, 0.15) is 5.75 Å². The molecule has 0 aliphatic carbocycles. The Morgan fingerprint density at radius 2 is 1.95 bits per heavy atom. The van der Waals surface area contributed by atoms with E-state index in [4.69, 9.17) is 0 Å². The first-order valence-corrected chi connectivity index (χ1v) is 5.67. The second kappa shape index (κ2) is 6.82. The first-order chi connectivity index (χ1) is 8.92. The SMILES string of the molecule is C/C=C/CCNC(=O)c1ccc(OC(F)(F)F)cc1. The van der Waals surface area contributed by atoms with Gasteiger partial charge in [0.05, 0.1) is 0 Å². The largest absolute Gasteiger partial charge is 0.573 e. The molecular weight excluding hydrogens is 259 g/mol. The van der Waals surface area contributed by atoms with Crippen LogP contribution in [0.5, 0.6) is 5.75 Å². The van der Waals surface area contributed by atoms with Crippen molar-refractivity contribution in [3.05, 3.63) is 42.0 Å². The summed E-state index contributed by atoms with van der Waals surface area (Å²) >= 11 is 0. The number of halogens is 3. The van der Waals surface area contributed by atoms with Gasteiger partial charge >= 0.3 is 6.36 Å². The highest BCUT2D eigenvalue weighted by Gasteiger charge is 2.31. The molecule has 3 nitrogen and oxygen atoms in total. The van der Waals surface area contributed by atoms with Gasteiger partial charge in [0.2, 0.25) is 0 Å². The lowest BCUT2D eigenvalue weighted by atomic mass is 10.2. The van der Waals surface area contributed by atoms with Gasteiger partial charge in [-0.2, -0.15) is 0 Å². The zero-order chi connectivity index (χ0) is 14.3. The molecule has 0 radical (unpaired) electrons. The van der Waals surface area contributed by atoms with Crippen molar-refractivity contribution in [1.29, 1.82) is 0 Å². The van der Waals surface area contributed by atoms with E-state index < -0.39 is 6.36 Å². The van der Waals surface area contributed by atoms with Crippen molar-refractivity contribution in [1.82, 2.24) is 5.32 Å². The molecule has 0 atom stereocenters. The summed E-state index contributed by atoms with van der Waals surface area (Å²) in [5.41, 5.74) is 0.287. The molecule has 0 bridgehead atoms. The van der Waals surface area contributed by atoms with E-state index in [9.17, 15) is 18.0 Å². The monoisotopic (exact) mass is 273 g/mol. The normalized spacial score (nSPS) is 11.6. The number of hydrogen-bond donors (Lipinski definition) is 1. The number of amides is 1. The molecule has 0 saturated heterocycles. The predicted molar refractivity (Wildman–Crippen MR) is 64.9 cm³/mol. The van der Waals surface area contributed by atoms with Crippen LogP contribution in [-0.4, -0.2) is 18.8 Å². The third-order valence-electron chi connectivity index (χ3n) is 2.18. The van der Waals surface area contributed by atoms with Gasteiger partial charge < -0.3 is 10.1 Å². The minimum Gasteiger partial charge on any atom is -0.406 e. The van der Waals surface area contributed by atoms with Crippen molar-refractivity contribution in [3.63, 3.8) is 0 Å². The summed E-state index contributed by atoms with van der Waals surface area (Å²) in [6.07, 6.45) is -0.246. The van der Waals surface area contributed by atoms with E-state index >= 15 is 0 Å². The van der Waals surface area contributed by atoms with Gasteiger partial charge in [-0.15, -0.1) is 13.2 Å². The second-order valence-electron chi connectivity index (χ2n) is 3.69. The van der Waals surface area contributed by atoms with Crippen LogP contribution < -0.4 is 10.1 Å². The first-order valence-electron chi connectivity index (χ1n) is 5.67. The molecule has 0 aromatic heterocycles. The maximum absolute atomic E-state index is 11.9. The van der Waals surface area contributed by atoms with Gasteiger partial charge in [0.25, 0.3) is 5.91 Å². The Bertz CT molecular complexity index is 438. The highest BCUT2D eigenvalue weighted by atomic mass is 19.4. The molecule has 104 valence electrons. The molecule has 0 unspecified atom stereocenters. The molecule has 0 aliphatic rings. The number of ether oxygens (including phenoxy) is 1. The van der Waals surface area contributed by atoms with Crippen LogP contribution in [0.2, 0.25) is 0 Å². The summed E-state index contributed by atoms with van der Waals surface area (Å²) in [5.74, 6) is -0.680. The second-order valence-corrected chi connectivity index (χ2v) is 3.69. The third kappa shape index (κ3) is 5.94. The molecule has 6 heteroatoms. The third-order valence-corrected chi connectivity index (χ3v) is 2.18. The smallest absolute Gasteiger partial charge is 0.406 e. The van der Waals surface area contributed by atoms with Crippen LogP contribution in [0.1, 0.15) is 23.7 Å². The molecule has 19 heavy (non-hydrogen) atoms. The Kier molecular flexibility index (Phi) is 5.41. The highest BCUT2D eigenvalue weighted by Crippen LogP contribution is 2.22. The Balaban J connectivity index is 2.53. The van der Waals surface area contributed by atoms with Crippen LogP contribution in [-0.2, 0) is 0 Å². The number of benzene rings is 1. The van der Waals surface area contributed by atoms with E-state index in [0.717, 1.165) is 12.1 Å². The van der Waals surface area contributed by atoms with E-state index in [2.05, 4.69) is 10.1 Å². The van der Waals surface area contributed by atoms with Crippen molar-refractivity contribution in [2.75, 3.05) is 6.54 Å². The van der Waals surface area contributed by atoms with Crippen LogP contribution in [0, 0.1) is 0 Å². The number of hydrogen-bond acceptors (Lipinski definition) is 2. The summed E-state index contributed by atoms with van der Waals surface area (Å²) in [4.78, 5) is 11.6. The van der Waals surface area contributed by atoms with E-state index in [1.807, 2.05) is 19.1 Å². The molecule has 0 heterocycles. The summed E-state index contributed by atoms with van der Waals surface area (Å²) in [6, 6.07) is 4.78. The summed E-state index contributed by atoms with van der Waals surface area (Å²) in [6.45, 7) is 2.35. The Hall–Kier alpha value is -1.98. The lowest BCUT2D eigenvalue weighted by Gasteiger charge is -2.09. The van der Waals surface area contributed by atoms with Gasteiger partial charge in [-0.05, 0) is 37.6 Å². The standard InChI is InChI=1S/C13H14F3NO2/c1-2-3-4-9-17-12(18)10-5-7-11(8-6-10)19-13(14,15)16/h2-3,5-8H,4,9H2,1H3,(H,17,18)/b3-2+. The van der Waals surface area contributed by atoms with Crippen LogP contribution >= 0.6 is 0 Å². The van der Waals surface area contributed by atoms with Crippen molar-refractivity contribution < 1.29 is 22.7 Å². The summed E-state index contributed by atoms with van der Waals surface area (Å²) in [7, 11) is 0. The Labute approximate surface area is 109 Å². The topological polar surface area (TPSA) is 38.3 Å². The number of rotatable bonds is 5. The van der Waals surface area contributed by atoms with Crippen molar-refractivity contribution >= 4 is 5.91 Å². The fourth-order valence-corrected chi connectivity index (χ4v) is 1.35.